The lowest BCUT2D eigenvalue weighted by atomic mass is 9.99. The lowest BCUT2D eigenvalue weighted by Gasteiger charge is -2.35. The first-order valence-electron chi connectivity index (χ1n) is 7.93. The van der Waals surface area contributed by atoms with Gasteiger partial charge in [0.2, 0.25) is 0 Å². The van der Waals surface area contributed by atoms with Crippen molar-refractivity contribution in [2.24, 2.45) is 11.8 Å². The van der Waals surface area contributed by atoms with Gasteiger partial charge < -0.3 is 15.0 Å². The molecule has 2 aliphatic heterocycles. The van der Waals surface area contributed by atoms with E-state index >= 15 is 0 Å². The largest absolute Gasteiger partial charge is 0.381 e. The zero-order valence-corrected chi connectivity index (χ0v) is 11.6. The molecule has 1 saturated carbocycles. The molecule has 0 aromatic heterocycles. The highest BCUT2D eigenvalue weighted by Gasteiger charge is 2.25. The van der Waals surface area contributed by atoms with Gasteiger partial charge in [-0.3, -0.25) is 0 Å². The van der Waals surface area contributed by atoms with Crippen LogP contribution in [0.25, 0.3) is 0 Å². The predicted molar refractivity (Wildman–Crippen MR) is 73.7 cm³/mol. The van der Waals surface area contributed by atoms with E-state index in [0.717, 1.165) is 31.1 Å². The van der Waals surface area contributed by atoms with Crippen LogP contribution in [0.15, 0.2) is 0 Å². The summed E-state index contributed by atoms with van der Waals surface area (Å²) in [7, 11) is 0. The zero-order chi connectivity index (χ0) is 12.2. The number of piperidine rings is 1. The molecule has 1 aliphatic carbocycles. The van der Waals surface area contributed by atoms with Gasteiger partial charge in [0.05, 0.1) is 6.61 Å². The molecule has 1 N–H and O–H groups in total. The standard InChI is InChI=1S/C15H28N2O/c1-2-14(12-18-9-1)11-17-7-5-15(6-8-17)16-10-13-3-4-13/h13-16H,1-12H2. The van der Waals surface area contributed by atoms with Crippen LogP contribution < -0.4 is 5.32 Å². The molecule has 3 rings (SSSR count). The maximum Gasteiger partial charge on any atom is 0.0506 e. The summed E-state index contributed by atoms with van der Waals surface area (Å²) in [5, 5.41) is 3.76. The van der Waals surface area contributed by atoms with Gasteiger partial charge >= 0.3 is 0 Å². The van der Waals surface area contributed by atoms with Crippen molar-refractivity contribution in [2.45, 2.75) is 44.6 Å². The molecule has 0 aromatic carbocycles. The molecule has 1 atom stereocenters. The van der Waals surface area contributed by atoms with Crippen LogP contribution in [0.3, 0.4) is 0 Å². The molecule has 0 aromatic rings. The molecule has 2 heterocycles. The number of hydrogen-bond acceptors (Lipinski definition) is 3. The minimum Gasteiger partial charge on any atom is -0.381 e. The van der Waals surface area contributed by atoms with Crippen LogP contribution in [0, 0.1) is 11.8 Å². The second-order valence-electron chi connectivity index (χ2n) is 6.51. The van der Waals surface area contributed by atoms with Crippen molar-refractivity contribution < 1.29 is 4.74 Å². The van der Waals surface area contributed by atoms with Gasteiger partial charge in [0.15, 0.2) is 0 Å². The van der Waals surface area contributed by atoms with Crippen LogP contribution >= 0.6 is 0 Å². The minimum atomic E-state index is 0.796. The van der Waals surface area contributed by atoms with E-state index in [1.165, 1.54) is 64.7 Å². The summed E-state index contributed by atoms with van der Waals surface area (Å²) < 4.78 is 5.58. The highest BCUT2D eigenvalue weighted by Crippen LogP contribution is 2.28. The Hall–Kier alpha value is -0.120. The number of hydrogen-bond donors (Lipinski definition) is 1. The first-order chi connectivity index (χ1) is 8.90. The third kappa shape index (κ3) is 3.94. The van der Waals surface area contributed by atoms with Gasteiger partial charge in [-0.2, -0.15) is 0 Å². The lowest BCUT2D eigenvalue weighted by molar-refractivity contribution is 0.0340. The molecular formula is C15H28N2O. The molecule has 0 amide bonds. The predicted octanol–water partition coefficient (Wildman–Crippen LogP) is 1.88. The number of nitrogens with zero attached hydrogens (tertiary/aromatic N) is 1. The van der Waals surface area contributed by atoms with Crippen molar-refractivity contribution in [1.82, 2.24) is 10.2 Å². The van der Waals surface area contributed by atoms with Crippen LogP contribution in [0.4, 0.5) is 0 Å². The maximum atomic E-state index is 5.58. The minimum absolute atomic E-state index is 0.796. The Labute approximate surface area is 111 Å². The first-order valence-corrected chi connectivity index (χ1v) is 7.93. The topological polar surface area (TPSA) is 24.5 Å². The molecule has 0 radical (unpaired) electrons. The smallest absolute Gasteiger partial charge is 0.0506 e. The third-order valence-electron chi connectivity index (χ3n) is 4.75. The lowest BCUT2D eigenvalue weighted by Crippen LogP contribution is -2.45. The number of rotatable bonds is 5. The highest BCUT2D eigenvalue weighted by atomic mass is 16.5. The van der Waals surface area contributed by atoms with Gasteiger partial charge in [-0.1, -0.05) is 0 Å². The Balaban J connectivity index is 1.31. The van der Waals surface area contributed by atoms with Gasteiger partial charge in [0.1, 0.15) is 0 Å². The Morgan fingerprint density at radius 1 is 1.00 bits per heavy atom. The molecular weight excluding hydrogens is 224 g/mol. The molecule has 0 spiro atoms. The number of ether oxygens (including phenoxy) is 1. The van der Waals surface area contributed by atoms with E-state index in [9.17, 15) is 0 Å². The van der Waals surface area contributed by atoms with Crippen molar-refractivity contribution in [3.63, 3.8) is 0 Å². The highest BCUT2D eigenvalue weighted by molar-refractivity contribution is 4.82. The van der Waals surface area contributed by atoms with Crippen LogP contribution in [0.2, 0.25) is 0 Å². The van der Waals surface area contributed by atoms with Crippen LogP contribution in [0.1, 0.15) is 38.5 Å². The van der Waals surface area contributed by atoms with Crippen LogP contribution in [-0.2, 0) is 4.74 Å². The molecule has 2 saturated heterocycles. The second kappa shape index (κ2) is 6.36. The summed E-state index contributed by atoms with van der Waals surface area (Å²) in [6.07, 6.45) is 8.27. The fourth-order valence-corrected chi connectivity index (χ4v) is 3.29. The SMILES string of the molecule is C1COCC(CN2CCC(NCC3CC3)CC2)C1. The Bertz CT molecular complexity index is 241. The van der Waals surface area contributed by atoms with Crippen LogP contribution in [-0.4, -0.2) is 50.3 Å². The van der Waals surface area contributed by atoms with E-state index in [1.54, 1.807) is 0 Å². The van der Waals surface area contributed by atoms with Crippen molar-refractivity contribution in [3.05, 3.63) is 0 Å². The van der Waals surface area contributed by atoms with E-state index in [4.69, 9.17) is 4.74 Å². The van der Waals surface area contributed by atoms with E-state index in [-0.39, 0.29) is 0 Å². The molecule has 3 aliphatic rings. The van der Waals surface area contributed by atoms with Gasteiger partial charge in [0, 0.05) is 19.2 Å². The Morgan fingerprint density at radius 3 is 2.50 bits per heavy atom. The van der Waals surface area contributed by atoms with E-state index in [2.05, 4.69) is 10.2 Å². The quantitative estimate of drug-likeness (QED) is 0.808. The molecule has 0 bridgehead atoms. The maximum absolute atomic E-state index is 5.58. The monoisotopic (exact) mass is 252 g/mol. The van der Waals surface area contributed by atoms with Gasteiger partial charge in [-0.15, -0.1) is 0 Å². The van der Waals surface area contributed by atoms with Crippen molar-refractivity contribution in [1.29, 1.82) is 0 Å². The zero-order valence-electron chi connectivity index (χ0n) is 11.6. The summed E-state index contributed by atoms with van der Waals surface area (Å²) in [6.45, 7) is 7.12. The fourth-order valence-electron chi connectivity index (χ4n) is 3.29. The van der Waals surface area contributed by atoms with E-state index in [0.29, 0.717) is 0 Å². The van der Waals surface area contributed by atoms with Gasteiger partial charge in [-0.05, 0) is 70.0 Å². The third-order valence-corrected chi connectivity index (χ3v) is 4.75. The van der Waals surface area contributed by atoms with Gasteiger partial charge in [0.25, 0.3) is 0 Å². The molecule has 1 unspecified atom stereocenters. The van der Waals surface area contributed by atoms with E-state index in [1.807, 2.05) is 0 Å². The van der Waals surface area contributed by atoms with Gasteiger partial charge in [-0.25, -0.2) is 0 Å². The average molecular weight is 252 g/mol. The second-order valence-corrected chi connectivity index (χ2v) is 6.51. The number of nitrogens with one attached hydrogen (secondary N) is 1. The average Bonchev–Trinajstić information content (AvgIpc) is 3.23. The Morgan fingerprint density at radius 2 is 1.83 bits per heavy atom. The fraction of sp³-hybridized carbons (Fsp3) is 1.00. The number of likely N-dealkylation sites (tertiary alicyclic amines) is 1. The Kier molecular flexibility index (Phi) is 4.55. The summed E-state index contributed by atoms with van der Waals surface area (Å²) in [5.41, 5.74) is 0. The summed E-state index contributed by atoms with van der Waals surface area (Å²) in [4.78, 5) is 2.66. The summed E-state index contributed by atoms with van der Waals surface area (Å²) in [6, 6.07) is 0.796. The van der Waals surface area contributed by atoms with Crippen molar-refractivity contribution in [2.75, 3.05) is 39.4 Å². The molecule has 104 valence electrons. The molecule has 3 nitrogen and oxygen atoms in total. The molecule has 3 fully saturated rings. The normalized spacial score (nSPS) is 31.7. The summed E-state index contributed by atoms with van der Waals surface area (Å²) in [5.74, 6) is 1.82. The molecule has 3 heteroatoms. The first kappa shape index (κ1) is 12.9. The summed E-state index contributed by atoms with van der Waals surface area (Å²) >= 11 is 0. The van der Waals surface area contributed by atoms with Crippen LogP contribution in [0.5, 0.6) is 0 Å². The molecule has 18 heavy (non-hydrogen) atoms. The van der Waals surface area contributed by atoms with Crippen molar-refractivity contribution >= 4 is 0 Å². The van der Waals surface area contributed by atoms with Crippen molar-refractivity contribution in [3.8, 4) is 0 Å². The van der Waals surface area contributed by atoms with E-state index < -0.39 is 0 Å².